The van der Waals surface area contributed by atoms with Crippen LogP contribution in [0, 0.1) is 0 Å². The molecule has 31 heavy (non-hydrogen) atoms. The highest BCUT2D eigenvalue weighted by molar-refractivity contribution is 6.09. The van der Waals surface area contributed by atoms with Gasteiger partial charge in [-0.15, -0.1) is 0 Å². The van der Waals surface area contributed by atoms with Crippen LogP contribution in [0.4, 0.5) is 0 Å². The first kappa shape index (κ1) is 21.7. The molecule has 0 unspecified atom stereocenters. The third-order valence-corrected chi connectivity index (χ3v) is 4.84. The number of hydrogen-bond acceptors (Lipinski definition) is 4. The van der Waals surface area contributed by atoms with Crippen LogP contribution in [-0.4, -0.2) is 38.1 Å². The Morgan fingerprint density at radius 1 is 0.581 bits per heavy atom. The monoisotopic (exact) mass is 419 g/mol. The Hall–Kier alpha value is -3.97. The van der Waals surface area contributed by atoms with Crippen LogP contribution >= 0.6 is 0 Å². The maximum Gasteiger partial charge on any atom is 0.337 e. The van der Waals surface area contributed by atoms with Gasteiger partial charge in [-0.25, -0.2) is 14.4 Å². The number of nitrogens with zero attached hydrogens (tertiary/aromatic N) is 1. The van der Waals surface area contributed by atoms with E-state index in [1.54, 1.807) is 0 Å². The van der Waals surface area contributed by atoms with Gasteiger partial charge in [0.1, 0.15) is 0 Å². The second kappa shape index (κ2) is 9.69. The highest BCUT2D eigenvalue weighted by atomic mass is 16.4. The fourth-order valence-corrected chi connectivity index (χ4v) is 3.51. The molecule has 0 fully saturated rings. The molecule has 0 spiro atoms. The Kier molecular flexibility index (Phi) is 6.79. The van der Waals surface area contributed by atoms with Gasteiger partial charge in [0.05, 0.1) is 16.7 Å². The van der Waals surface area contributed by atoms with Crippen molar-refractivity contribution in [2.45, 2.75) is 19.6 Å². The largest absolute Gasteiger partial charge is 0.478 e. The van der Waals surface area contributed by atoms with E-state index in [0.717, 1.165) is 17.2 Å². The summed E-state index contributed by atoms with van der Waals surface area (Å²) in [6, 6.07) is 21.8. The molecule has 0 aromatic heterocycles. The number of aromatic carboxylic acids is 3. The van der Waals surface area contributed by atoms with Crippen LogP contribution in [0.15, 0.2) is 72.8 Å². The minimum absolute atomic E-state index is 0.131. The van der Waals surface area contributed by atoms with Crippen molar-refractivity contribution in [3.8, 4) is 0 Å². The second-order valence-electron chi connectivity index (χ2n) is 7.05. The van der Waals surface area contributed by atoms with Crippen molar-refractivity contribution < 1.29 is 29.7 Å². The van der Waals surface area contributed by atoms with E-state index in [1.807, 2.05) is 65.6 Å². The zero-order valence-corrected chi connectivity index (χ0v) is 16.6. The maximum absolute atomic E-state index is 11.9. The lowest BCUT2D eigenvalue weighted by atomic mass is 9.95. The second-order valence-corrected chi connectivity index (χ2v) is 7.05. The van der Waals surface area contributed by atoms with Crippen molar-refractivity contribution in [1.29, 1.82) is 0 Å². The summed E-state index contributed by atoms with van der Waals surface area (Å²) in [6.45, 7) is 1.13. The van der Waals surface area contributed by atoms with E-state index < -0.39 is 34.6 Å². The summed E-state index contributed by atoms with van der Waals surface area (Å²) < 4.78 is 0. The molecule has 3 aromatic carbocycles. The Labute approximate surface area is 178 Å². The van der Waals surface area contributed by atoms with Crippen LogP contribution in [0.25, 0.3) is 0 Å². The Morgan fingerprint density at radius 2 is 1.06 bits per heavy atom. The van der Waals surface area contributed by atoms with Gasteiger partial charge in [0.15, 0.2) is 0 Å². The molecule has 0 aliphatic heterocycles. The first-order chi connectivity index (χ1) is 14.9. The highest BCUT2D eigenvalue weighted by Crippen LogP contribution is 2.23. The van der Waals surface area contributed by atoms with Crippen LogP contribution in [0.3, 0.4) is 0 Å². The van der Waals surface area contributed by atoms with Crippen molar-refractivity contribution in [3.63, 3.8) is 0 Å². The molecule has 0 radical (unpaired) electrons. The zero-order valence-electron chi connectivity index (χ0n) is 16.6. The number of rotatable bonds is 9. The van der Waals surface area contributed by atoms with Crippen molar-refractivity contribution in [1.82, 2.24) is 4.90 Å². The van der Waals surface area contributed by atoms with Gasteiger partial charge in [-0.2, -0.15) is 0 Å². The van der Waals surface area contributed by atoms with Gasteiger partial charge in [0.2, 0.25) is 0 Å². The molecule has 0 heterocycles. The summed E-state index contributed by atoms with van der Waals surface area (Å²) in [4.78, 5) is 37.1. The van der Waals surface area contributed by atoms with E-state index in [2.05, 4.69) is 0 Å². The van der Waals surface area contributed by atoms with E-state index in [4.69, 9.17) is 0 Å². The summed E-state index contributed by atoms with van der Waals surface area (Å²) in [7, 11) is 0. The van der Waals surface area contributed by atoms with Gasteiger partial charge in [-0.3, -0.25) is 4.90 Å². The summed E-state index contributed by atoms with van der Waals surface area (Å²) in [5.74, 6) is -4.55. The lowest BCUT2D eigenvalue weighted by Gasteiger charge is -2.24. The molecule has 158 valence electrons. The van der Waals surface area contributed by atoms with Crippen LogP contribution < -0.4 is 0 Å². The highest BCUT2D eigenvalue weighted by Gasteiger charge is 2.27. The topological polar surface area (TPSA) is 115 Å². The molecule has 3 N–H and O–H groups in total. The minimum atomic E-state index is -1.59. The molecular weight excluding hydrogens is 398 g/mol. The minimum Gasteiger partial charge on any atom is -0.478 e. The molecule has 0 atom stereocenters. The molecule has 3 rings (SSSR count). The van der Waals surface area contributed by atoms with Crippen LogP contribution in [0.5, 0.6) is 0 Å². The first-order valence-electron chi connectivity index (χ1n) is 9.52. The molecular formula is C24H21NO6. The van der Waals surface area contributed by atoms with Gasteiger partial charge >= 0.3 is 17.9 Å². The average Bonchev–Trinajstić information content (AvgIpc) is 2.74. The molecule has 7 heteroatoms. The maximum atomic E-state index is 11.9. The third kappa shape index (κ3) is 5.34. The summed E-state index contributed by atoms with van der Waals surface area (Å²) in [5, 5.41) is 28.6. The normalized spacial score (nSPS) is 10.7. The van der Waals surface area contributed by atoms with Gasteiger partial charge < -0.3 is 15.3 Å². The van der Waals surface area contributed by atoms with E-state index in [1.165, 1.54) is 6.07 Å². The number of carboxylic acid groups (broad SMARTS) is 3. The molecule has 0 bridgehead atoms. The number of carbonyl (C=O) groups is 3. The first-order valence-corrected chi connectivity index (χ1v) is 9.52. The van der Waals surface area contributed by atoms with E-state index in [9.17, 15) is 29.7 Å². The third-order valence-electron chi connectivity index (χ3n) is 4.84. The van der Waals surface area contributed by atoms with E-state index in [-0.39, 0.29) is 12.1 Å². The smallest absolute Gasteiger partial charge is 0.337 e. The molecule has 7 nitrogen and oxygen atoms in total. The predicted molar refractivity (Wildman–Crippen MR) is 113 cm³/mol. The average molecular weight is 419 g/mol. The summed E-state index contributed by atoms with van der Waals surface area (Å²) >= 11 is 0. The van der Waals surface area contributed by atoms with Crippen molar-refractivity contribution >= 4 is 17.9 Å². The molecule has 0 amide bonds. The van der Waals surface area contributed by atoms with Gasteiger partial charge in [-0.1, -0.05) is 66.7 Å². The summed E-state index contributed by atoms with van der Waals surface area (Å²) in [5.41, 5.74) is 0.496. The van der Waals surface area contributed by atoms with Crippen LogP contribution in [-0.2, 0) is 19.6 Å². The van der Waals surface area contributed by atoms with Gasteiger partial charge in [-0.05, 0) is 22.8 Å². The van der Waals surface area contributed by atoms with Gasteiger partial charge in [0.25, 0.3) is 0 Å². The van der Waals surface area contributed by atoms with Crippen molar-refractivity contribution in [2.75, 3.05) is 0 Å². The Balaban J connectivity index is 2.03. The molecule has 0 aliphatic carbocycles. The molecule has 0 saturated heterocycles. The van der Waals surface area contributed by atoms with Gasteiger partial charge in [0, 0.05) is 19.6 Å². The number of carboxylic acids is 3. The Morgan fingerprint density at radius 3 is 1.48 bits per heavy atom. The predicted octanol–water partition coefficient (Wildman–Crippen LogP) is 3.98. The van der Waals surface area contributed by atoms with E-state index >= 15 is 0 Å². The lowest BCUT2D eigenvalue weighted by Crippen LogP contribution is -2.25. The van der Waals surface area contributed by atoms with Crippen molar-refractivity contribution in [3.05, 3.63) is 106 Å². The van der Waals surface area contributed by atoms with Crippen LogP contribution in [0.2, 0.25) is 0 Å². The van der Waals surface area contributed by atoms with E-state index in [0.29, 0.717) is 13.1 Å². The number of benzene rings is 3. The molecule has 0 aliphatic rings. The lowest BCUT2D eigenvalue weighted by molar-refractivity contribution is 0.0631. The van der Waals surface area contributed by atoms with Crippen molar-refractivity contribution in [2.24, 2.45) is 0 Å². The van der Waals surface area contributed by atoms with Crippen LogP contribution in [0.1, 0.15) is 47.8 Å². The fourth-order valence-electron chi connectivity index (χ4n) is 3.51. The standard InChI is InChI=1S/C24H21NO6/c26-22(27)19-12-11-18(20(23(28)29)21(19)24(30)31)15-25(13-16-7-3-1-4-8-16)14-17-9-5-2-6-10-17/h1-12H,13-15H2,(H,26,27)(H,28,29)(H,30,31). The number of hydrogen-bond donors (Lipinski definition) is 3. The summed E-state index contributed by atoms with van der Waals surface area (Å²) in [6.07, 6.45) is 0. The Bertz CT molecular complexity index is 1050. The fraction of sp³-hybridized carbons (Fsp3) is 0.125. The SMILES string of the molecule is O=C(O)c1ccc(CN(Cc2ccccc2)Cc2ccccc2)c(C(=O)O)c1C(=O)O. The zero-order chi connectivity index (χ0) is 22.4. The molecule has 3 aromatic rings. The molecule has 0 saturated carbocycles. The quantitative estimate of drug-likeness (QED) is 0.480.